The van der Waals surface area contributed by atoms with Gasteiger partial charge in [-0.15, -0.1) is 0 Å². The Kier molecular flexibility index (Phi) is 5.86. The molecule has 1 aliphatic heterocycles. The molecule has 0 radical (unpaired) electrons. The van der Waals surface area contributed by atoms with Crippen LogP contribution in [0.4, 0.5) is 0 Å². The molecule has 0 spiro atoms. The van der Waals surface area contributed by atoms with Crippen LogP contribution < -0.4 is 20.1 Å². The molecule has 26 heavy (non-hydrogen) atoms. The van der Waals surface area contributed by atoms with Crippen molar-refractivity contribution in [2.75, 3.05) is 33.9 Å². The summed E-state index contributed by atoms with van der Waals surface area (Å²) in [7, 11) is 3.28. The quantitative estimate of drug-likeness (QED) is 0.739. The third-order valence-electron chi connectivity index (χ3n) is 5.04. The van der Waals surface area contributed by atoms with Crippen LogP contribution in [0.2, 0.25) is 0 Å². The summed E-state index contributed by atoms with van der Waals surface area (Å²) < 4.78 is 10.9. The zero-order valence-electron chi connectivity index (χ0n) is 15.6. The molecule has 6 nitrogen and oxygen atoms in total. The van der Waals surface area contributed by atoms with Crippen molar-refractivity contribution in [3.05, 3.63) is 23.8 Å². The highest BCUT2D eigenvalue weighted by molar-refractivity contribution is 7.80. The molecule has 1 aliphatic carbocycles. The largest absolute Gasteiger partial charge is 0.497 e. The molecule has 2 N–H and O–H groups in total. The number of methoxy groups -OCH3 is 2. The minimum atomic E-state index is -0.158. The van der Waals surface area contributed by atoms with Crippen molar-refractivity contribution in [2.24, 2.45) is 5.92 Å². The van der Waals surface area contributed by atoms with E-state index >= 15 is 0 Å². The Morgan fingerprint density at radius 2 is 2.04 bits per heavy atom. The summed E-state index contributed by atoms with van der Waals surface area (Å²) in [5.74, 6) is 1.45. The SMILES string of the molecule is CCNC(=S)N1C[C@H](C(=O)NC2CC2)[C@@H](c2ccc(OC)cc2OC)C1. The Bertz CT molecular complexity index is 678. The Hall–Kier alpha value is -2.02. The van der Waals surface area contributed by atoms with E-state index in [4.69, 9.17) is 21.7 Å². The van der Waals surface area contributed by atoms with Crippen LogP contribution in [0.5, 0.6) is 11.5 Å². The van der Waals surface area contributed by atoms with E-state index in [0.717, 1.165) is 36.4 Å². The zero-order chi connectivity index (χ0) is 18.7. The van der Waals surface area contributed by atoms with Crippen molar-refractivity contribution in [3.63, 3.8) is 0 Å². The highest BCUT2D eigenvalue weighted by Gasteiger charge is 2.42. The van der Waals surface area contributed by atoms with Gasteiger partial charge in [-0.2, -0.15) is 0 Å². The van der Waals surface area contributed by atoms with E-state index in [2.05, 4.69) is 15.5 Å². The van der Waals surface area contributed by atoms with Gasteiger partial charge in [0.15, 0.2) is 5.11 Å². The molecule has 1 amide bonds. The zero-order valence-corrected chi connectivity index (χ0v) is 16.4. The third-order valence-corrected chi connectivity index (χ3v) is 5.44. The lowest BCUT2D eigenvalue weighted by Gasteiger charge is -2.21. The molecule has 7 heteroatoms. The average Bonchev–Trinajstić information content (AvgIpc) is 3.35. The van der Waals surface area contributed by atoms with E-state index < -0.39 is 0 Å². The number of thiocarbonyl (C=S) groups is 1. The van der Waals surface area contributed by atoms with Crippen LogP contribution >= 0.6 is 12.2 Å². The summed E-state index contributed by atoms with van der Waals surface area (Å²) in [4.78, 5) is 14.9. The number of nitrogens with one attached hydrogen (secondary N) is 2. The Morgan fingerprint density at radius 3 is 2.65 bits per heavy atom. The molecule has 2 fully saturated rings. The van der Waals surface area contributed by atoms with Crippen LogP contribution in [0.15, 0.2) is 18.2 Å². The van der Waals surface area contributed by atoms with Crippen molar-refractivity contribution in [1.82, 2.24) is 15.5 Å². The van der Waals surface area contributed by atoms with Crippen LogP contribution in [0, 0.1) is 5.92 Å². The summed E-state index contributed by atoms with van der Waals surface area (Å²) in [6.45, 7) is 4.09. The van der Waals surface area contributed by atoms with Crippen LogP contribution in [0.1, 0.15) is 31.2 Å². The fraction of sp³-hybridized carbons (Fsp3) is 0.579. The van der Waals surface area contributed by atoms with Crippen molar-refractivity contribution in [2.45, 2.75) is 31.7 Å². The normalized spacial score (nSPS) is 22.0. The molecule has 0 bridgehead atoms. The summed E-state index contributed by atoms with van der Waals surface area (Å²) in [5, 5.41) is 7.05. The second kappa shape index (κ2) is 8.12. The van der Waals surface area contributed by atoms with Crippen molar-refractivity contribution in [3.8, 4) is 11.5 Å². The summed E-state index contributed by atoms with van der Waals surface area (Å²) >= 11 is 5.49. The first-order chi connectivity index (χ1) is 12.6. The maximum atomic E-state index is 12.9. The lowest BCUT2D eigenvalue weighted by molar-refractivity contribution is -0.125. The average molecular weight is 378 g/mol. The van der Waals surface area contributed by atoms with Gasteiger partial charge in [0.05, 0.1) is 20.1 Å². The molecule has 0 aromatic heterocycles. The van der Waals surface area contributed by atoms with E-state index in [0.29, 0.717) is 24.2 Å². The van der Waals surface area contributed by atoms with Gasteiger partial charge in [0, 0.05) is 43.2 Å². The van der Waals surface area contributed by atoms with E-state index in [1.807, 2.05) is 25.1 Å². The Labute approximate surface area is 160 Å². The van der Waals surface area contributed by atoms with Gasteiger partial charge in [-0.05, 0) is 38.0 Å². The van der Waals surface area contributed by atoms with E-state index in [-0.39, 0.29) is 17.7 Å². The first kappa shape index (κ1) is 18.8. The molecule has 2 aliphatic rings. The van der Waals surface area contributed by atoms with E-state index in [1.54, 1.807) is 14.2 Å². The minimum Gasteiger partial charge on any atom is -0.497 e. The number of amides is 1. The van der Waals surface area contributed by atoms with Gasteiger partial charge in [0.2, 0.25) is 5.91 Å². The molecule has 1 heterocycles. The van der Waals surface area contributed by atoms with E-state index in [1.165, 1.54) is 0 Å². The van der Waals surface area contributed by atoms with Gasteiger partial charge in [-0.1, -0.05) is 6.07 Å². The number of hydrogen-bond donors (Lipinski definition) is 2. The Morgan fingerprint density at radius 1 is 1.27 bits per heavy atom. The van der Waals surface area contributed by atoms with Gasteiger partial charge < -0.3 is 25.0 Å². The van der Waals surface area contributed by atoms with Crippen molar-refractivity contribution >= 4 is 23.2 Å². The second-order valence-corrected chi connectivity index (χ2v) is 7.23. The van der Waals surface area contributed by atoms with Crippen molar-refractivity contribution < 1.29 is 14.3 Å². The van der Waals surface area contributed by atoms with Crippen LogP contribution in [-0.4, -0.2) is 55.8 Å². The van der Waals surface area contributed by atoms with Crippen LogP contribution in [0.3, 0.4) is 0 Å². The monoisotopic (exact) mass is 377 g/mol. The number of carbonyl (C=O) groups is 1. The number of likely N-dealkylation sites (tertiary alicyclic amines) is 1. The molecule has 1 saturated heterocycles. The van der Waals surface area contributed by atoms with Gasteiger partial charge in [-0.25, -0.2) is 0 Å². The fourth-order valence-corrected chi connectivity index (χ4v) is 3.77. The highest BCUT2D eigenvalue weighted by atomic mass is 32.1. The molecular weight excluding hydrogens is 350 g/mol. The lowest BCUT2D eigenvalue weighted by atomic mass is 9.87. The number of ether oxygens (including phenoxy) is 2. The minimum absolute atomic E-state index is 0.0196. The first-order valence-electron chi connectivity index (χ1n) is 9.12. The molecule has 1 aromatic rings. The smallest absolute Gasteiger partial charge is 0.225 e. The number of hydrogen-bond acceptors (Lipinski definition) is 4. The number of rotatable bonds is 6. The number of nitrogens with zero attached hydrogens (tertiary/aromatic N) is 1. The highest BCUT2D eigenvalue weighted by Crippen LogP contribution is 2.39. The standard InChI is InChI=1S/C19H27N3O3S/c1-4-20-19(26)22-10-15(16(11-22)18(23)21-12-5-6-12)14-8-7-13(24-2)9-17(14)25-3/h7-9,12,15-16H,4-6,10-11H2,1-3H3,(H,20,26)(H,21,23)/t15-,16+/m1/s1. The van der Waals surface area contributed by atoms with Gasteiger partial charge >= 0.3 is 0 Å². The Balaban J connectivity index is 1.87. The van der Waals surface area contributed by atoms with E-state index in [9.17, 15) is 4.79 Å². The maximum Gasteiger partial charge on any atom is 0.225 e. The summed E-state index contributed by atoms with van der Waals surface area (Å²) in [6.07, 6.45) is 2.16. The van der Waals surface area contributed by atoms with Gasteiger partial charge in [0.25, 0.3) is 0 Å². The third kappa shape index (κ3) is 4.03. The van der Waals surface area contributed by atoms with Crippen LogP contribution in [0.25, 0.3) is 0 Å². The molecule has 3 rings (SSSR count). The lowest BCUT2D eigenvalue weighted by Crippen LogP contribution is -2.40. The molecule has 142 valence electrons. The topological polar surface area (TPSA) is 62.8 Å². The first-order valence-corrected chi connectivity index (χ1v) is 9.53. The molecule has 1 aromatic carbocycles. The predicted octanol–water partition coefficient (Wildman–Crippen LogP) is 1.89. The van der Waals surface area contributed by atoms with Crippen LogP contribution in [-0.2, 0) is 4.79 Å². The molecular formula is C19H27N3O3S. The van der Waals surface area contributed by atoms with Crippen molar-refractivity contribution in [1.29, 1.82) is 0 Å². The summed E-state index contributed by atoms with van der Waals surface area (Å²) in [6, 6.07) is 6.13. The fourth-order valence-electron chi connectivity index (χ4n) is 3.47. The number of benzene rings is 1. The summed E-state index contributed by atoms with van der Waals surface area (Å²) in [5.41, 5.74) is 1.02. The number of carbonyl (C=O) groups excluding carboxylic acids is 1. The molecule has 2 atom stereocenters. The molecule has 0 unspecified atom stereocenters. The van der Waals surface area contributed by atoms with Gasteiger partial charge in [-0.3, -0.25) is 4.79 Å². The predicted molar refractivity (Wildman–Crippen MR) is 105 cm³/mol. The maximum absolute atomic E-state index is 12.9. The molecule has 1 saturated carbocycles. The van der Waals surface area contributed by atoms with Gasteiger partial charge in [0.1, 0.15) is 11.5 Å². The second-order valence-electron chi connectivity index (χ2n) is 6.84.